The summed E-state index contributed by atoms with van der Waals surface area (Å²) in [6.45, 7) is 3.72. The molecule has 0 saturated heterocycles. The topological polar surface area (TPSA) is 61.8 Å². The molecule has 0 fully saturated rings. The first kappa shape index (κ1) is 27.5. The third-order valence-corrected chi connectivity index (χ3v) is 6.99. The molecular formula is C31H28Cl2O5. The number of halogens is 2. The van der Waals surface area contributed by atoms with Crippen molar-refractivity contribution < 1.29 is 23.8 Å². The van der Waals surface area contributed by atoms with Gasteiger partial charge in [-0.05, 0) is 72.5 Å². The SMILES string of the molecule is CCOC(=O)C1(C(=O)OCC)CC(=C=C(c2ccc(Cl)cc2)c2ccc(Cl)cc2)c2cc(OC)ccc2C1. The lowest BCUT2D eigenvalue weighted by Gasteiger charge is -2.34. The molecule has 196 valence electrons. The molecule has 3 aromatic rings. The summed E-state index contributed by atoms with van der Waals surface area (Å²) in [5, 5.41) is 1.21. The second kappa shape index (κ2) is 11.9. The van der Waals surface area contributed by atoms with Crippen LogP contribution in [-0.4, -0.2) is 32.3 Å². The van der Waals surface area contributed by atoms with E-state index in [2.05, 4.69) is 5.73 Å². The van der Waals surface area contributed by atoms with E-state index in [0.29, 0.717) is 21.4 Å². The van der Waals surface area contributed by atoms with Crippen molar-refractivity contribution in [2.75, 3.05) is 20.3 Å². The molecule has 1 aliphatic rings. The lowest BCUT2D eigenvalue weighted by Crippen LogP contribution is -2.46. The van der Waals surface area contributed by atoms with Crippen molar-refractivity contribution in [3.63, 3.8) is 0 Å². The molecule has 1 aliphatic carbocycles. The highest BCUT2D eigenvalue weighted by atomic mass is 35.5. The molecule has 0 heterocycles. The van der Waals surface area contributed by atoms with Crippen LogP contribution in [0.5, 0.6) is 5.75 Å². The Balaban J connectivity index is 2.05. The van der Waals surface area contributed by atoms with Crippen LogP contribution in [0.3, 0.4) is 0 Å². The molecule has 5 nitrogen and oxygen atoms in total. The summed E-state index contributed by atoms with van der Waals surface area (Å²) in [6, 6.07) is 20.4. The van der Waals surface area contributed by atoms with Crippen molar-refractivity contribution in [1.82, 2.24) is 0 Å². The van der Waals surface area contributed by atoms with E-state index in [4.69, 9.17) is 37.4 Å². The number of methoxy groups -OCH3 is 1. The third kappa shape index (κ3) is 5.66. The lowest BCUT2D eigenvalue weighted by atomic mass is 9.69. The number of fused-ring (bicyclic) bond motifs is 1. The Morgan fingerprint density at radius 3 is 1.82 bits per heavy atom. The number of benzene rings is 3. The summed E-state index contributed by atoms with van der Waals surface area (Å²) < 4.78 is 16.3. The maximum absolute atomic E-state index is 13.4. The predicted molar refractivity (Wildman–Crippen MR) is 149 cm³/mol. The van der Waals surface area contributed by atoms with Gasteiger partial charge in [-0.25, -0.2) is 0 Å². The average Bonchev–Trinajstić information content (AvgIpc) is 2.92. The minimum Gasteiger partial charge on any atom is -0.497 e. The highest BCUT2D eigenvalue weighted by Crippen LogP contribution is 2.45. The van der Waals surface area contributed by atoms with Crippen molar-refractivity contribution in [3.8, 4) is 5.75 Å². The lowest BCUT2D eigenvalue weighted by molar-refractivity contribution is -0.172. The molecule has 0 bridgehead atoms. The molecule has 0 atom stereocenters. The van der Waals surface area contributed by atoms with Crippen LogP contribution in [0.2, 0.25) is 10.0 Å². The van der Waals surface area contributed by atoms with Crippen LogP contribution in [0.15, 0.2) is 72.5 Å². The van der Waals surface area contributed by atoms with E-state index < -0.39 is 17.4 Å². The standard InChI is InChI=1S/C31H28Cl2O5/c1-4-37-29(34)31(30(35)38-5-2)18-22-10-15-26(36-3)17-28(22)23(19-31)16-27(20-6-11-24(32)12-7-20)21-8-13-25(33)14-9-21/h6-15,17H,4-5,18-19H2,1-3H3. The number of rotatable bonds is 7. The highest BCUT2D eigenvalue weighted by Gasteiger charge is 2.52. The van der Waals surface area contributed by atoms with E-state index in [9.17, 15) is 9.59 Å². The molecule has 0 amide bonds. The van der Waals surface area contributed by atoms with Crippen molar-refractivity contribution in [2.24, 2.45) is 5.41 Å². The van der Waals surface area contributed by atoms with Gasteiger partial charge in [-0.3, -0.25) is 9.59 Å². The van der Waals surface area contributed by atoms with Gasteiger partial charge in [0.05, 0.1) is 20.3 Å². The zero-order valence-electron chi connectivity index (χ0n) is 21.5. The molecule has 7 heteroatoms. The van der Waals surface area contributed by atoms with Crippen molar-refractivity contribution in [3.05, 3.63) is 105 Å². The minimum atomic E-state index is -1.54. The van der Waals surface area contributed by atoms with Crippen LogP contribution in [0.1, 0.15) is 42.5 Å². The van der Waals surface area contributed by atoms with E-state index in [-0.39, 0.29) is 26.1 Å². The summed E-state index contributed by atoms with van der Waals surface area (Å²) in [5.41, 5.74) is 6.79. The highest BCUT2D eigenvalue weighted by molar-refractivity contribution is 6.31. The van der Waals surface area contributed by atoms with Gasteiger partial charge in [0.25, 0.3) is 0 Å². The van der Waals surface area contributed by atoms with Gasteiger partial charge in [-0.2, -0.15) is 0 Å². The number of allylic oxidation sites excluding steroid dienone is 1. The molecule has 0 aliphatic heterocycles. The molecular weight excluding hydrogens is 523 g/mol. The van der Waals surface area contributed by atoms with Gasteiger partial charge in [0.15, 0.2) is 5.41 Å². The molecule has 3 aromatic carbocycles. The Hall–Kier alpha value is -3.50. The summed E-state index contributed by atoms with van der Waals surface area (Å²) in [6.07, 6.45) is 0.196. The Morgan fingerprint density at radius 2 is 1.34 bits per heavy atom. The van der Waals surface area contributed by atoms with Crippen LogP contribution >= 0.6 is 23.2 Å². The summed E-state index contributed by atoms with van der Waals surface area (Å²) in [7, 11) is 1.60. The van der Waals surface area contributed by atoms with Gasteiger partial charge >= 0.3 is 11.9 Å². The summed E-state index contributed by atoms with van der Waals surface area (Å²) >= 11 is 12.3. The van der Waals surface area contributed by atoms with Gasteiger partial charge in [0.1, 0.15) is 5.75 Å². The fourth-order valence-corrected chi connectivity index (χ4v) is 4.87. The van der Waals surface area contributed by atoms with Gasteiger partial charge in [0.2, 0.25) is 0 Å². The van der Waals surface area contributed by atoms with Crippen LogP contribution in [0.4, 0.5) is 0 Å². The summed E-state index contributed by atoms with van der Waals surface area (Å²) in [4.78, 5) is 26.8. The van der Waals surface area contributed by atoms with Crippen molar-refractivity contribution in [1.29, 1.82) is 0 Å². The zero-order valence-corrected chi connectivity index (χ0v) is 23.0. The summed E-state index contributed by atoms with van der Waals surface area (Å²) in [5.74, 6) is -0.570. The molecule has 0 radical (unpaired) electrons. The van der Waals surface area contributed by atoms with E-state index in [1.807, 2.05) is 42.5 Å². The number of hydrogen-bond acceptors (Lipinski definition) is 5. The van der Waals surface area contributed by atoms with Crippen LogP contribution in [-0.2, 0) is 25.5 Å². The van der Waals surface area contributed by atoms with E-state index in [1.54, 1.807) is 45.2 Å². The number of esters is 2. The van der Waals surface area contributed by atoms with E-state index >= 15 is 0 Å². The van der Waals surface area contributed by atoms with E-state index in [0.717, 1.165) is 27.8 Å². The van der Waals surface area contributed by atoms with Crippen molar-refractivity contribution in [2.45, 2.75) is 26.7 Å². The van der Waals surface area contributed by atoms with Crippen molar-refractivity contribution >= 4 is 46.3 Å². The number of carbonyl (C=O) groups excluding carboxylic acids is 2. The number of ether oxygens (including phenoxy) is 3. The quantitative estimate of drug-likeness (QED) is 0.177. The largest absolute Gasteiger partial charge is 0.497 e. The molecule has 38 heavy (non-hydrogen) atoms. The average molecular weight is 551 g/mol. The Morgan fingerprint density at radius 1 is 0.816 bits per heavy atom. The van der Waals surface area contributed by atoms with Gasteiger partial charge < -0.3 is 14.2 Å². The molecule has 0 N–H and O–H groups in total. The van der Waals surface area contributed by atoms with Gasteiger partial charge in [-0.15, -0.1) is 5.73 Å². The predicted octanol–water partition coefficient (Wildman–Crippen LogP) is 7.18. The van der Waals surface area contributed by atoms with Crippen LogP contribution < -0.4 is 4.74 Å². The molecule has 0 saturated carbocycles. The molecule has 4 rings (SSSR count). The Bertz CT molecular complexity index is 1340. The van der Waals surface area contributed by atoms with Crippen LogP contribution in [0.25, 0.3) is 11.1 Å². The molecule has 0 unspecified atom stereocenters. The normalized spacial score (nSPS) is 13.7. The molecule has 0 spiro atoms. The Labute approximate surface area is 232 Å². The maximum atomic E-state index is 13.4. The second-order valence-corrected chi connectivity index (χ2v) is 9.76. The zero-order chi connectivity index (χ0) is 27.3. The number of hydrogen-bond donors (Lipinski definition) is 0. The monoisotopic (exact) mass is 550 g/mol. The first-order valence-corrected chi connectivity index (χ1v) is 13.1. The Kier molecular flexibility index (Phi) is 8.63. The third-order valence-electron chi connectivity index (χ3n) is 6.49. The molecule has 0 aromatic heterocycles. The first-order valence-electron chi connectivity index (χ1n) is 12.3. The second-order valence-electron chi connectivity index (χ2n) is 8.89. The maximum Gasteiger partial charge on any atom is 0.324 e. The van der Waals surface area contributed by atoms with E-state index in [1.165, 1.54) is 0 Å². The number of carbonyl (C=O) groups is 2. The van der Waals surface area contributed by atoms with Gasteiger partial charge in [-0.1, -0.05) is 53.5 Å². The fraction of sp³-hybridized carbons (Fsp3) is 0.258. The van der Waals surface area contributed by atoms with Crippen LogP contribution in [0, 0.1) is 5.41 Å². The first-order chi connectivity index (χ1) is 18.3. The van der Waals surface area contributed by atoms with Gasteiger partial charge in [0, 0.05) is 34.0 Å². The smallest absolute Gasteiger partial charge is 0.324 e. The fourth-order valence-electron chi connectivity index (χ4n) is 4.62. The minimum absolute atomic E-state index is 0.0511.